The van der Waals surface area contributed by atoms with Gasteiger partial charge in [0.25, 0.3) is 17.5 Å². The number of nitrogens with one attached hydrogen (secondary N) is 2. The standard InChI is InChI=1S/C21H19ClN4O7/c1-2-21(13-6-4-3-5-7-13)19(29)25(20(30)24-21)11-18(28)33-12-17(27)23-15-9-8-14(22)10-16(15)26(31)32/h3-10H,2,11-12H2,1H3,(H,23,27)(H,24,30). The molecule has 12 heteroatoms. The number of benzene rings is 2. The molecule has 1 fully saturated rings. The number of rotatable bonds is 8. The summed E-state index contributed by atoms with van der Waals surface area (Å²) in [5, 5.41) is 16.1. The number of esters is 1. The third kappa shape index (κ3) is 4.93. The van der Waals surface area contributed by atoms with Gasteiger partial charge in [-0.05, 0) is 24.1 Å². The van der Waals surface area contributed by atoms with E-state index in [0.29, 0.717) is 5.56 Å². The second-order valence-electron chi connectivity index (χ2n) is 7.07. The van der Waals surface area contributed by atoms with Gasteiger partial charge in [0.05, 0.1) is 4.92 Å². The molecule has 1 aliphatic rings. The van der Waals surface area contributed by atoms with Gasteiger partial charge in [-0.25, -0.2) is 4.79 Å². The zero-order valence-electron chi connectivity index (χ0n) is 17.4. The van der Waals surface area contributed by atoms with Crippen LogP contribution in [0.1, 0.15) is 18.9 Å². The van der Waals surface area contributed by atoms with E-state index in [2.05, 4.69) is 10.6 Å². The van der Waals surface area contributed by atoms with Gasteiger partial charge in [-0.2, -0.15) is 0 Å². The highest BCUT2D eigenvalue weighted by molar-refractivity contribution is 6.31. The van der Waals surface area contributed by atoms with Crippen LogP contribution >= 0.6 is 11.6 Å². The van der Waals surface area contributed by atoms with Crippen LogP contribution in [0.3, 0.4) is 0 Å². The van der Waals surface area contributed by atoms with E-state index in [0.717, 1.165) is 11.0 Å². The lowest BCUT2D eigenvalue weighted by Gasteiger charge is -2.25. The molecular weight excluding hydrogens is 456 g/mol. The molecule has 4 amide bonds. The van der Waals surface area contributed by atoms with E-state index in [1.807, 2.05) is 0 Å². The Kier molecular flexibility index (Phi) is 6.92. The van der Waals surface area contributed by atoms with Crippen molar-refractivity contribution >= 4 is 46.8 Å². The first kappa shape index (κ1) is 23.7. The van der Waals surface area contributed by atoms with Gasteiger partial charge in [0.15, 0.2) is 6.61 Å². The second-order valence-corrected chi connectivity index (χ2v) is 7.51. The van der Waals surface area contributed by atoms with Crippen molar-refractivity contribution in [2.75, 3.05) is 18.5 Å². The maximum Gasteiger partial charge on any atom is 0.326 e. The van der Waals surface area contributed by atoms with Crippen molar-refractivity contribution < 1.29 is 28.8 Å². The zero-order chi connectivity index (χ0) is 24.2. The first-order valence-electron chi connectivity index (χ1n) is 9.77. The Morgan fingerprint density at radius 3 is 2.55 bits per heavy atom. The SMILES string of the molecule is CCC1(c2ccccc2)NC(=O)N(CC(=O)OCC(=O)Nc2ccc(Cl)cc2[N+](=O)[O-])C1=O. The monoisotopic (exact) mass is 474 g/mol. The number of carbonyl (C=O) groups excluding carboxylic acids is 4. The molecule has 1 aliphatic heterocycles. The minimum Gasteiger partial charge on any atom is -0.454 e. The van der Waals surface area contributed by atoms with E-state index in [1.54, 1.807) is 37.3 Å². The number of anilines is 1. The van der Waals surface area contributed by atoms with E-state index in [1.165, 1.54) is 12.1 Å². The maximum atomic E-state index is 13.0. The highest BCUT2D eigenvalue weighted by Gasteiger charge is 2.51. The lowest BCUT2D eigenvalue weighted by Crippen LogP contribution is -2.44. The molecule has 2 N–H and O–H groups in total. The van der Waals surface area contributed by atoms with Crippen LogP contribution in [0.15, 0.2) is 48.5 Å². The predicted octanol–water partition coefficient (Wildman–Crippen LogP) is 2.59. The van der Waals surface area contributed by atoms with Crippen molar-refractivity contribution in [3.63, 3.8) is 0 Å². The summed E-state index contributed by atoms with van der Waals surface area (Å²) in [6.07, 6.45) is 0.259. The Morgan fingerprint density at radius 2 is 1.91 bits per heavy atom. The number of nitrogens with zero attached hydrogens (tertiary/aromatic N) is 2. The highest BCUT2D eigenvalue weighted by Crippen LogP contribution is 2.32. The van der Waals surface area contributed by atoms with E-state index < -0.39 is 53.1 Å². The minimum atomic E-state index is -1.30. The summed E-state index contributed by atoms with van der Waals surface area (Å²) in [6, 6.07) is 11.5. The van der Waals surface area contributed by atoms with Crippen LogP contribution in [-0.2, 0) is 24.7 Å². The van der Waals surface area contributed by atoms with Gasteiger partial charge in [0.1, 0.15) is 17.8 Å². The quantitative estimate of drug-likeness (QED) is 0.258. The number of carbonyl (C=O) groups is 4. The zero-order valence-corrected chi connectivity index (χ0v) is 18.1. The molecule has 0 aliphatic carbocycles. The molecule has 11 nitrogen and oxygen atoms in total. The van der Waals surface area contributed by atoms with Crippen molar-refractivity contribution in [3.8, 4) is 0 Å². The number of urea groups is 1. The summed E-state index contributed by atoms with van der Waals surface area (Å²) < 4.78 is 4.85. The van der Waals surface area contributed by atoms with Crippen molar-refractivity contribution in [1.29, 1.82) is 0 Å². The van der Waals surface area contributed by atoms with Gasteiger partial charge in [0, 0.05) is 11.1 Å². The largest absolute Gasteiger partial charge is 0.454 e. The van der Waals surface area contributed by atoms with Crippen LogP contribution < -0.4 is 10.6 Å². The van der Waals surface area contributed by atoms with Gasteiger partial charge < -0.3 is 15.4 Å². The van der Waals surface area contributed by atoms with Gasteiger partial charge >= 0.3 is 12.0 Å². The van der Waals surface area contributed by atoms with Crippen LogP contribution in [0, 0.1) is 10.1 Å². The van der Waals surface area contributed by atoms with Crippen molar-refractivity contribution in [2.45, 2.75) is 18.9 Å². The first-order chi connectivity index (χ1) is 15.7. The Labute approximate surface area is 192 Å². The van der Waals surface area contributed by atoms with E-state index in [-0.39, 0.29) is 17.1 Å². The van der Waals surface area contributed by atoms with Crippen molar-refractivity contribution in [1.82, 2.24) is 10.2 Å². The number of halogens is 1. The number of ether oxygens (including phenoxy) is 1. The second kappa shape index (κ2) is 9.65. The summed E-state index contributed by atoms with van der Waals surface area (Å²) in [7, 11) is 0. The van der Waals surface area contributed by atoms with Crippen molar-refractivity contribution in [3.05, 3.63) is 69.2 Å². The minimum absolute atomic E-state index is 0.110. The van der Waals surface area contributed by atoms with Crippen molar-refractivity contribution in [2.24, 2.45) is 0 Å². The molecule has 0 spiro atoms. The van der Waals surface area contributed by atoms with Gasteiger partial charge in [-0.3, -0.25) is 29.4 Å². The third-order valence-electron chi connectivity index (χ3n) is 5.05. The number of nitro benzene ring substituents is 1. The van der Waals surface area contributed by atoms with Crippen LogP contribution in [0.2, 0.25) is 5.02 Å². The van der Waals surface area contributed by atoms with Gasteiger partial charge in [-0.15, -0.1) is 0 Å². The van der Waals surface area contributed by atoms with Gasteiger partial charge in [0.2, 0.25) is 0 Å². The number of hydrogen-bond donors (Lipinski definition) is 2. The Bertz CT molecular complexity index is 1120. The van der Waals surface area contributed by atoms with Crippen LogP contribution in [0.5, 0.6) is 0 Å². The molecule has 33 heavy (non-hydrogen) atoms. The molecule has 0 saturated carbocycles. The predicted molar refractivity (Wildman–Crippen MR) is 116 cm³/mol. The van der Waals surface area contributed by atoms with Crippen LogP contribution in [0.4, 0.5) is 16.2 Å². The Hall–Kier alpha value is -3.99. The fraction of sp³-hybridized carbons (Fsp3) is 0.238. The summed E-state index contributed by atoms with van der Waals surface area (Å²) in [6.45, 7) is 0.251. The molecule has 2 aromatic carbocycles. The van der Waals surface area contributed by atoms with Crippen LogP contribution in [-0.4, -0.2) is 46.8 Å². The molecule has 172 valence electrons. The molecule has 0 aromatic heterocycles. The molecular formula is C21H19ClN4O7. The fourth-order valence-corrected chi connectivity index (χ4v) is 3.57. The molecule has 1 heterocycles. The topological polar surface area (TPSA) is 148 Å². The average Bonchev–Trinajstić information content (AvgIpc) is 3.04. The Morgan fingerprint density at radius 1 is 1.21 bits per heavy atom. The summed E-state index contributed by atoms with van der Waals surface area (Å²) in [4.78, 5) is 60.8. The summed E-state index contributed by atoms with van der Waals surface area (Å²) >= 11 is 5.72. The normalized spacial score (nSPS) is 17.5. The number of hydrogen-bond acceptors (Lipinski definition) is 7. The molecule has 3 rings (SSSR count). The molecule has 2 aromatic rings. The molecule has 0 radical (unpaired) electrons. The lowest BCUT2D eigenvalue weighted by atomic mass is 9.87. The highest BCUT2D eigenvalue weighted by atomic mass is 35.5. The number of amides is 4. The first-order valence-corrected chi connectivity index (χ1v) is 10.1. The summed E-state index contributed by atoms with van der Waals surface area (Å²) in [5.41, 5.74) is -1.29. The molecule has 1 atom stereocenters. The lowest BCUT2D eigenvalue weighted by molar-refractivity contribution is -0.383. The summed E-state index contributed by atoms with van der Waals surface area (Å²) in [5.74, 6) is -2.46. The molecule has 1 saturated heterocycles. The average molecular weight is 475 g/mol. The fourth-order valence-electron chi connectivity index (χ4n) is 3.40. The van der Waals surface area contributed by atoms with E-state index >= 15 is 0 Å². The Balaban J connectivity index is 1.61. The van der Waals surface area contributed by atoms with Gasteiger partial charge in [-0.1, -0.05) is 48.9 Å². The molecule has 0 bridgehead atoms. The smallest absolute Gasteiger partial charge is 0.326 e. The molecule has 1 unspecified atom stereocenters. The number of nitro groups is 1. The van der Waals surface area contributed by atoms with E-state index in [9.17, 15) is 29.3 Å². The van der Waals surface area contributed by atoms with E-state index in [4.69, 9.17) is 16.3 Å². The maximum absolute atomic E-state index is 13.0. The van der Waals surface area contributed by atoms with Crippen LogP contribution in [0.25, 0.3) is 0 Å². The third-order valence-corrected chi connectivity index (χ3v) is 5.29. The number of imide groups is 1.